The van der Waals surface area contributed by atoms with Crippen LogP contribution < -0.4 is 10.6 Å². The van der Waals surface area contributed by atoms with Gasteiger partial charge >= 0.3 is 0 Å². The quantitative estimate of drug-likeness (QED) is 0.650. The number of rotatable bonds is 6. The van der Waals surface area contributed by atoms with Crippen LogP contribution in [0.15, 0.2) is 15.4 Å². The van der Waals surface area contributed by atoms with Crippen molar-refractivity contribution in [2.75, 3.05) is 33.2 Å². The average Bonchev–Trinajstić information content (AvgIpc) is 3.45. The maximum Gasteiger partial charge on any atom is 0.287 e. The molecule has 0 saturated carbocycles. The van der Waals surface area contributed by atoms with Gasteiger partial charge in [-0.2, -0.15) is 4.31 Å². The van der Waals surface area contributed by atoms with Crippen molar-refractivity contribution in [1.82, 2.24) is 19.8 Å². The number of nitrogens with one attached hydrogen (secondary N) is 2. The number of carbonyl (C=O) groups excluding carboxylic acids is 3. The fourth-order valence-corrected chi connectivity index (χ4v) is 5.43. The first-order chi connectivity index (χ1) is 13.8. The molecule has 2 fully saturated rings. The van der Waals surface area contributed by atoms with E-state index in [0.717, 1.165) is 12.8 Å². The fraction of sp³-hybridized carbons (Fsp3) is 0.611. The van der Waals surface area contributed by atoms with E-state index in [-0.39, 0.29) is 34.8 Å². The van der Waals surface area contributed by atoms with E-state index in [0.29, 0.717) is 32.5 Å². The highest BCUT2D eigenvalue weighted by molar-refractivity contribution is 7.89. The number of aryl methyl sites for hydroxylation is 1. The summed E-state index contributed by atoms with van der Waals surface area (Å²) in [6.45, 7) is 2.53. The molecular weight excluding hydrogens is 400 g/mol. The van der Waals surface area contributed by atoms with Crippen LogP contribution in [0.2, 0.25) is 0 Å². The molecule has 1 aromatic rings. The molecule has 2 saturated heterocycles. The fourth-order valence-electron chi connectivity index (χ4n) is 3.75. The molecule has 3 amide bonds. The highest BCUT2D eigenvalue weighted by Crippen LogP contribution is 2.26. The molecule has 10 nitrogen and oxygen atoms in total. The number of sulfonamides is 1. The summed E-state index contributed by atoms with van der Waals surface area (Å²) in [5.74, 6) is -1.33. The number of carbonyl (C=O) groups is 3. The highest BCUT2D eigenvalue weighted by Gasteiger charge is 2.34. The number of hydrogen-bond acceptors (Lipinski definition) is 6. The van der Waals surface area contributed by atoms with Crippen LogP contribution in [0.5, 0.6) is 0 Å². The molecule has 2 aliphatic heterocycles. The van der Waals surface area contributed by atoms with E-state index in [1.54, 1.807) is 0 Å². The summed E-state index contributed by atoms with van der Waals surface area (Å²) in [5, 5.41) is 4.98. The Morgan fingerprint density at radius 2 is 1.86 bits per heavy atom. The van der Waals surface area contributed by atoms with E-state index in [1.807, 2.05) is 0 Å². The van der Waals surface area contributed by atoms with Crippen LogP contribution in [-0.4, -0.2) is 74.6 Å². The van der Waals surface area contributed by atoms with E-state index in [9.17, 15) is 22.8 Å². The molecular formula is C18H26N4O6S. The molecule has 1 aromatic heterocycles. The van der Waals surface area contributed by atoms with Crippen molar-refractivity contribution in [1.29, 1.82) is 0 Å². The molecule has 3 rings (SSSR count). The lowest BCUT2D eigenvalue weighted by atomic mass is 10.2. The summed E-state index contributed by atoms with van der Waals surface area (Å²) >= 11 is 0. The molecule has 160 valence electrons. The molecule has 2 N–H and O–H groups in total. The van der Waals surface area contributed by atoms with Crippen LogP contribution in [0.1, 0.15) is 42.0 Å². The van der Waals surface area contributed by atoms with Gasteiger partial charge in [0.1, 0.15) is 16.7 Å². The predicted octanol–water partition coefficient (Wildman–Crippen LogP) is -0.161. The standard InChI is InChI=1S/C18H26N4O6S/c1-12-15(29(26,27)21-7-3-4-8-21)10-14(28-12)18(25)20-11-16(23)22-9-5-6-13(22)17(24)19-2/h10,13H,3-9,11H2,1-2H3,(H,19,24)(H,20,25). The average molecular weight is 426 g/mol. The second kappa shape index (κ2) is 8.54. The molecule has 29 heavy (non-hydrogen) atoms. The van der Waals surface area contributed by atoms with Crippen LogP contribution >= 0.6 is 0 Å². The molecule has 11 heteroatoms. The Morgan fingerprint density at radius 3 is 2.52 bits per heavy atom. The Labute approximate surface area is 169 Å². The third kappa shape index (κ3) is 4.30. The Bertz CT molecular complexity index is 903. The van der Waals surface area contributed by atoms with Crippen molar-refractivity contribution in [3.05, 3.63) is 17.6 Å². The lowest BCUT2D eigenvalue weighted by Crippen LogP contribution is -2.48. The molecule has 3 heterocycles. The zero-order valence-electron chi connectivity index (χ0n) is 16.6. The lowest BCUT2D eigenvalue weighted by Gasteiger charge is -2.23. The van der Waals surface area contributed by atoms with E-state index >= 15 is 0 Å². The van der Waals surface area contributed by atoms with Gasteiger partial charge in [0.25, 0.3) is 5.91 Å². The number of amides is 3. The van der Waals surface area contributed by atoms with Gasteiger partial charge < -0.3 is 20.0 Å². The Balaban J connectivity index is 1.64. The van der Waals surface area contributed by atoms with Gasteiger partial charge in [0.15, 0.2) is 5.76 Å². The maximum atomic E-state index is 12.7. The largest absolute Gasteiger partial charge is 0.455 e. The molecule has 0 aromatic carbocycles. The van der Waals surface area contributed by atoms with Gasteiger partial charge in [-0.25, -0.2) is 8.42 Å². The number of likely N-dealkylation sites (tertiary alicyclic amines) is 1. The van der Waals surface area contributed by atoms with Gasteiger partial charge in [0.05, 0.1) is 6.54 Å². The molecule has 0 spiro atoms. The van der Waals surface area contributed by atoms with E-state index < -0.39 is 22.0 Å². The minimum absolute atomic E-state index is 0.0323. The lowest BCUT2D eigenvalue weighted by molar-refractivity contribution is -0.137. The van der Waals surface area contributed by atoms with Crippen LogP contribution in [0.3, 0.4) is 0 Å². The maximum absolute atomic E-state index is 12.7. The third-order valence-corrected chi connectivity index (χ3v) is 7.31. The zero-order valence-corrected chi connectivity index (χ0v) is 17.4. The first-order valence-corrected chi connectivity index (χ1v) is 11.1. The van der Waals surface area contributed by atoms with E-state index in [2.05, 4.69) is 10.6 Å². The monoisotopic (exact) mass is 426 g/mol. The Kier molecular flexibility index (Phi) is 6.27. The van der Waals surface area contributed by atoms with E-state index in [4.69, 9.17) is 4.42 Å². The van der Waals surface area contributed by atoms with Gasteiger partial charge in [-0.05, 0) is 32.6 Å². The molecule has 0 aliphatic carbocycles. The van der Waals surface area contributed by atoms with Crippen molar-refractivity contribution >= 4 is 27.7 Å². The first kappa shape index (κ1) is 21.3. The van der Waals surface area contributed by atoms with Gasteiger partial charge in [-0.3, -0.25) is 14.4 Å². The van der Waals surface area contributed by atoms with Crippen molar-refractivity contribution in [2.24, 2.45) is 0 Å². The summed E-state index contributed by atoms with van der Waals surface area (Å²) < 4.78 is 32.1. The minimum atomic E-state index is -3.71. The summed E-state index contributed by atoms with van der Waals surface area (Å²) in [6, 6.07) is 0.666. The molecule has 2 aliphatic rings. The van der Waals surface area contributed by atoms with Gasteiger partial charge in [-0.15, -0.1) is 0 Å². The molecule has 1 unspecified atom stereocenters. The van der Waals surface area contributed by atoms with Crippen LogP contribution in [0.4, 0.5) is 0 Å². The number of nitrogens with zero attached hydrogens (tertiary/aromatic N) is 2. The summed E-state index contributed by atoms with van der Waals surface area (Å²) in [6.07, 6.45) is 2.90. The van der Waals surface area contributed by atoms with Crippen molar-refractivity contribution < 1.29 is 27.2 Å². The van der Waals surface area contributed by atoms with Crippen molar-refractivity contribution in [3.8, 4) is 0 Å². The van der Waals surface area contributed by atoms with Crippen molar-refractivity contribution in [3.63, 3.8) is 0 Å². The topological polar surface area (TPSA) is 129 Å². The molecule has 1 atom stereocenters. The number of furan rings is 1. The Hall–Kier alpha value is -2.40. The van der Waals surface area contributed by atoms with E-state index in [1.165, 1.54) is 29.2 Å². The zero-order chi connectivity index (χ0) is 21.2. The second-order valence-corrected chi connectivity index (χ2v) is 9.09. The number of likely N-dealkylation sites (N-methyl/N-ethyl adjacent to an activating group) is 1. The van der Waals surface area contributed by atoms with Gasteiger partial charge in [0, 0.05) is 32.7 Å². The predicted molar refractivity (Wildman–Crippen MR) is 103 cm³/mol. The van der Waals surface area contributed by atoms with Crippen molar-refractivity contribution in [2.45, 2.75) is 43.5 Å². The van der Waals surface area contributed by atoms with Gasteiger partial charge in [-0.1, -0.05) is 0 Å². The highest BCUT2D eigenvalue weighted by atomic mass is 32.2. The van der Waals surface area contributed by atoms with Crippen LogP contribution in [-0.2, 0) is 19.6 Å². The summed E-state index contributed by atoms with van der Waals surface area (Å²) in [5.41, 5.74) is 0. The SMILES string of the molecule is CNC(=O)C1CCCN1C(=O)CNC(=O)c1cc(S(=O)(=O)N2CCCC2)c(C)o1. The third-order valence-electron chi connectivity index (χ3n) is 5.30. The van der Waals surface area contributed by atoms with Crippen LogP contribution in [0, 0.1) is 6.92 Å². The minimum Gasteiger partial charge on any atom is -0.455 e. The molecule has 0 bridgehead atoms. The first-order valence-electron chi connectivity index (χ1n) is 9.65. The normalized spacial score (nSPS) is 20.1. The smallest absolute Gasteiger partial charge is 0.287 e. The number of hydrogen-bond donors (Lipinski definition) is 2. The van der Waals surface area contributed by atoms with Gasteiger partial charge in [0.2, 0.25) is 21.8 Å². The summed E-state index contributed by atoms with van der Waals surface area (Å²) in [7, 11) is -2.19. The van der Waals surface area contributed by atoms with Crippen LogP contribution in [0.25, 0.3) is 0 Å². The second-order valence-electron chi connectivity index (χ2n) is 7.18. The molecule has 0 radical (unpaired) electrons. The Morgan fingerprint density at radius 1 is 1.17 bits per heavy atom. The summed E-state index contributed by atoms with van der Waals surface area (Å²) in [4.78, 5) is 38.1.